The van der Waals surface area contributed by atoms with Crippen molar-refractivity contribution in [3.63, 3.8) is 0 Å². The zero-order chi connectivity index (χ0) is 13.7. The first kappa shape index (κ1) is 13.6. The van der Waals surface area contributed by atoms with Crippen molar-refractivity contribution in [3.8, 4) is 0 Å². The van der Waals surface area contributed by atoms with Crippen molar-refractivity contribution in [1.82, 2.24) is 5.32 Å². The molecule has 0 radical (unpaired) electrons. The molecule has 1 aromatic carbocycles. The number of carbonyl (C=O) groups is 2. The molecule has 0 aliphatic heterocycles. The molecule has 0 heterocycles. The summed E-state index contributed by atoms with van der Waals surface area (Å²) in [7, 11) is 0. The summed E-state index contributed by atoms with van der Waals surface area (Å²) in [6.07, 6.45) is 4.38. The number of aliphatic carboxylic acids is 1. The first-order chi connectivity index (χ1) is 9.20. The van der Waals surface area contributed by atoms with E-state index in [1.54, 1.807) is 0 Å². The van der Waals surface area contributed by atoms with Crippen LogP contribution in [0.3, 0.4) is 0 Å². The highest BCUT2D eigenvalue weighted by atomic mass is 16.4. The van der Waals surface area contributed by atoms with Gasteiger partial charge in [0.25, 0.3) is 0 Å². The zero-order valence-electron chi connectivity index (χ0n) is 10.8. The van der Waals surface area contributed by atoms with Gasteiger partial charge in [0.15, 0.2) is 0 Å². The third-order valence-corrected chi connectivity index (χ3v) is 3.55. The second-order valence-corrected chi connectivity index (χ2v) is 5.09. The molecule has 19 heavy (non-hydrogen) atoms. The van der Waals surface area contributed by atoms with Gasteiger partial charge in [-0.25, -0.2) is 0 Å². The number of benzene rings is 1. The van der Waals surface area contributed by atoms with Crippen molar-refractivity contribution >= 4 is 12.4 Å². The molecule has 0 spiro atoms. The minimum atomic E-state index is -0.826. The molecule has 4 nitrogen and oxygen atoms in total. The summed E-state index contributed by atoms with van der Waals surface area (Å²) < 4.78 is 0. The van der Waals surface area contributed by atoms with Gasteiger partial charge in [-0.2, -0.15) is 0 Å². The predicted molar refractivity (Wildman–Crippen MR) is 72.0 cm³/mol. The number of hydrogen-bond acceptors (Lipinski definition) is 2. The Morgan fingerprint density at radius 1 is 1.42 bits per heavy atom. The summed E-state index contributed by atoms with van der Waals surface area (Å²) in [5, 5.41) is 11.5. The maximum atomic E-state index is 10.6. The van der Waals surface area contributed by atoms with E-state index in [1.807, 2.05) is 12.1 Å². The van der Waals surface area contributed by atoms with Crippen LogP contribution in [0.5, 0.6) is 0 Å². The van der Waals surface area contributed by atoms with Crippen molar-refractivity contribution in [3.05, 3.63) is 35.4 Å². The second-order valence-electron chi connectivity index (χ2n) is 5.09. The van der Waals surface area contributed by atoms with Gasteiger partial charge in [0.05, 0.1) is 0 Å². The van der Waals surface area contributed by atoms with Gasteiger partial charge in [0, 0.05) is 12.5 Å². The van der Waals surface area contributed by atoms with Gasteiger partial charge < -0.3 is 10.4 Å². The molecule has 1 fully saturated rings. The fourth-order valence-corrected chi connectivity index (χ4v) is 2.42. The van der Waals surface area contributed by atoms with Crippen LogP contribution >= 0.6 is 0 Å². The monoisotopic (exact) mass is 261 g/mol. The van der Waals surface area contributed by atoms with E-state index >= 15 is 0 Å². The van der Waals surface area contributed by atoms with E-state index in [9.17, 15) is 9.59 Å². The summed E-state index contributed by atoms with van der Waals surface area (Å²) in [4.78, 5) is 21.3. The first-order valence-corrected chi connectivity index (χ1v) is 6.70. The lowest BCUT2D eigenvalue weighted by molar-refractivity contribution is -0.137. The number of carboxylic acid groups (broad SMARTS) is 1. The molecule has 1 aromatic rings. The molecular weight excluding hydrogens is 242 g/mol. The third-order valence-electron chi connectivity index (χ3n) is 3.55. The molecule has 0 saturated heterocycles. The Hall–Kier alpha value is -1.84. The van der Waals surface area contributed by atoms with E-state index in [0.717, 1.165) is 0 Å². The van der Waals surface area contributed by atoms with Crippen LogP contribution in [0.1, 0.15) is 42.7 Å². The number of amides is 1. The Labute approximate surface area is 112 Å². The van der Waals surface area contributed by atoms with E-state index in [1.165, 1.54) is 24.0 Å². The lowest BCUT2D eigenvalue weighted by Crippen LogP contribution is -2.31. The van der Waals surface area contributed by atoms with E-state index < -0.39 is 5.97 Å². The number of hydrogen-bond donors (Lipinski definition) is 2. The minimum absolute atomic E-state index is 0.0805. The Kier molecular flexibility index (Phi) is 4.55. The highest BCUT2D eigenvalue weighted by molar-refractivity contribution is 5.66. The van der Waals surface area contributed by atoms with Crippen LogP contribution in [-0.2, 0) is 16.0 Å². The molecule has 2 N–H and O–H groups in total. The van der Waals surface area contributed by atoms with Gasteiger partial charge in [-0.05, 0) is 42.7 Å². The number of nitrogens with one attached hydrogen (secondary N) is 1. The zero-order valence-corrected chi connectivity index (χ0v) is 10.8. The van der Waals surface area contributed by atoms with Crippen LogP contribution < -0.4 is 5.32 Å². The SMILES string of the molecule is O=CNC(CCC(=O)O)Cc1ccccc1C1CC1. The standard InChI is InChI=1S/C15H19NO3/c17-10-16-13(7-8-15(18)19)9-12-3-1-2-4-14(12)11-5-6-11/h1-4,10-11,13H,5-9H2,(H,16,17)(H,18,19). The second kappa shape index (κ2) is 6.36. The maximum absolute atomic E-state index is 10.6. The molecule has 2 rings (SSSR count). The van der Waals surface area contributed by atoms with Crippen molar-refractivity contribution in [2.24, 2.45) is 0 Å². The Morgan fingerprint density at radius 3 is 2.79 bits per heavy atom. The fourth-order valence-electron chi connectivity index (χ4n) is 2.42. The fraction of sp³-hybridized carbons (Fsp3) is 0.467. The van der Waals surface area contributed by atoms with E-state index in [2.05, 4.69) is 17.4 Å². The molecule has 1 unspecified atom stereocenters. The first-order valence-electron chi connectivity index (χ1n) is 6.70. The largest absolute Gasteiger partial charge is 0.481 e. The van der Waals surface area contributed by atoms with Gasteiger partial charge >= 0.3 is 5.97 Å². The molecule has 1 aliphatic rings. The Bertz CT molecular complexity index is 454. The average Bonchev–Trinajstić information content (AvgIpc) is 3.21. The van der Waals surface area contributed by atoms with Crippen LogP contribution in [0.4, 0.5) is 0 Å². The molecule has 1 atom stereocenters. The summed E-state index contributed by atoms with van der Waals surface area (Å²) in [5.41, 5.74) is 2.59. The number of rotatable bonds is 8. The van der Waals surface area contributed by atoms with Crippen molar-refractivity contribution in [2.45, 2.75) is 44.1 Å². The van der Waals surface area contributed by atoms with Gasteiger partial charge in [-0.15, -0.1) is 0 Å². The third kappa shape index (κ3) is 4.09. The Morgan fingerprint density at radius 2 is 2.16 bits per heavy atom. The van der Waals surface area contributed by atoms with Gasteiger partial charge in [-0.1, -0.05) is 24.3 Å². The summed E-state index contributed by atoms with van der Waals surface area (Å²) >= 11 is 0. The molecule has 4 heteroatoms. The van der Waals surface area contributed by atoms with Gasteiger partial charge in [0.1, 0.15) is 0 Å². The summed E-state index contributed by atoms with van der Waals surface area (Å²) in [6, 6.07) is 8.15. The minimum Gasteiger partial charge on any atom is -0.481 e. The molecule has 0 aromatic heterocycles. The normalized spacial score (nSPS) is 15.8. The average molecular weight is 261 g/mol. The number of carboxylic acids is 1. The number of carbonyl (C=O) groups excluding carboxylic acids is 1. The molecule has 1 saturated carbocycles. The van der Waals surface area contributed by atoms with Crippen LogP contribution in [-0.4, -0.2) is 23.5 Å². The highest BCUT2D eigenvalue weighted by Crippen LogP contribution is 2.41. The predicted octanol–water partition coefficient (Wildman–Crippen LogP) is 2.09. The molecule has 102 valence electrons. The summed E-state index contributed by atoms with van der Waals surface area (Å²) in [6.45, 7) is 0. The van der Waals surface area contributed by atoms with E-state index in [0.29, 0.717) is 25.2 Å². The highest BCUT2D eigenvalue weighted by Gasteiger charge is 2.26. The van der Waals surface area contributed by atoms with Crippen molar-refractivity contribution in [2.75, 3.05) is 0 Å². The smallest absolute Gasteiger partial charge is 0.303 e. The molecule has 1 amide bonds. The lowest BCUT2D eigenvalue weighted by atomic mass is 9.95. The van der Waals surface area contributed by atoms with Crippen LogP contribution in [0.15, 0.2) is 24.3 Å². The van der Waals surface area contributed by atoms with Gasteiger partial charge in [0.2, 0.25) is 6.41 Å². The maximum Gasteiger partial charge on any atom is 0.303 e. The van der Waals surface area contributed by atoms with Crippen LogP contribution in [0.25, 0.3) is 0 Å². The van der Waals surface area contributed by atoms with E-state index in [4.69, 9.17) is 5.11 Å². The molecular formula is C15H19NO3. The topological polar surface area (TPSA) is 66.4 Å². The molecule has 0 bridgehead atoms. The molecule has 1 aliphatic carbocycles. The lowest BCUT2D eigenvalue weighted by Gasteiger charge is -2.17. The summed E-state index contributed by atoms with van der Waals surface area (Å²) in [5.74, 6) is -0.166. The van der Waals surface area contributed by atoms with Crippen LogP contribution in [0, 0.1) is 0 Å². The van der Waals surface area contributed by atoms with E-state index in [-0.39, 0.29) is 12.5 Å². The van der Waals surface area contributed by atoms with Crippen LogP contribution in [0.2, 0.25) is 0 Å². The quantitative estimate of drug-likeness (QED) is 0.704. The Balaban J connectivity index is 2.03. The van der Waals surface area contributed by atoms with Gasteiger partial charge in [-0.3, -0.25) is 9.59 Å². The van der Waals surface area contributed by atoms with Crippen molar-refractivity contribution in [1.29, 1.82) is 0 Å². The van der Waals surface area contributed by atoms with Crippen molar-refractivity contribution < 1.29 is 14.7 Å².